The smallest absolute Gasteiger partial charge is 0.270 e. The summed E-state index contributed by atoms with van der Waals surface area (Å²) in [5.74, 6) is -0.659. The molecular formula is C17H16ClN3O6S. The molecule has 1 saturated heterocycles. The number of carbonyl (C=O) groups is 1. The van der Waals surface area contributed by atoms with Crippen molar-refractivity contribution in [2.75, 3.05) is 26.2 Å². The Kier molecular flexibility index (Phi) is 5.54. The molecule has 9 nitrogen and oxygen atoms in total. The highest BCUT2D eigenvalue weighted by Crippen LogP contribution is 2.25. The first-order chi connectivity index (χ1) is 13.2. The molecule has 3 rings (SSSR count). The highest BCUT2D eigenvalue weighted by atomic mass is 35.5. The molecule has 148 valence electrons. The minimum absolute atomic E-state index is 0.0259. The minimum Gasteiger partial charge on any atom is -0.507 e. The third-order valence-corrected chi connectivity index (χ3v) is 6.51. The van der Waals surface area contributed by atoms with Crippen LogP contribution in [0.2, 0.25) is 5.02 Å². The van der Waals surface area contributed by atoms with E-state index in [0.29, 0.717) is 5.02 Å². The van der Waals surface area contributed by atoms with Crippen LogP contribution in [0.5, 0.6) is 5.75 Å². The van der Waals surface area contributed by atoms with Gasteiger partial charge in [0.1, 0.15) is 5.75 Å². The number of aromatic hydroxyl groups is 1. The van der Waals surface area contributed by atoms with Crippen LogP contribution in [0.3, 0.4) is 0 Å². The van der Waals surface area contributed by atoms with Crippen molar-refractivity contribution in [3.8, 4) is 5.75 Å². The third kappa shape index (κ3) is 3.93. The van der Waals surface area contributed by atoms with Gasteiger partial charge in [0.2, 0.25) is 10.0 Å². The van der Waals surface area contributed by atoms with Crippen molar-refractivity contribution in [1.82, 2.24) is 9.21 Å². The second-order valence-electron chi connectivity index (χ2n) is 6.11. The molecule has 0 aliphatic carbocycles. The molecule has 0 spiro atoms. The monoisotopic (exact) mass is 425 g/mol. The molecule has 1 amide bonds. The summed E-state index contributed by atoms with van der Waals surface area (Å²) >= 11 is 5.87. The predicted molar refractivity (Wildman–Crippen MR) is 101 cm³/mol. The van der Waals surface area contributed by atoms with Crippen molar-refractivity contribution in [2.24, 2.45) is 0 Å². The van der Waals surface area contributed by atoms with Crippen LogP contribution in [-0.2, 0) is 10.0 Å². The molecule has 0 aromatic heterocycles. The van der Waals surface area contributed by atoms with E-state index in [9.17, 15) is 28.4 Å². The molecule has 1 aliphatic rings. The van der Waals surface area contributed by atoms with Crippen LogP contribution in [0.25, 0.3) is 0 Å². The lowest BCUT2D eigenvalue weighted by atomic mass is 10.1. The number of hydrogen-bond acceptors (Lipinski definition) is 6. The summed E-state index contributed by atoms with van der Waals surface area (Å²) in [6.45, 7) is 0.272. The zero-order valence-electron chi connectivity index (χ0n) is 14.5. The van der Waals surface area contributed by atoms with Crippen molar-refractivity contribution in [2.45, 2.75) is 4.90 Å². The zero-order chi connectivity index (χ0) is 20.5. The number of sulfonamides is 1. The SMILES string of the molecule is O=C(c1cc(Cl)ccc1O)N1CCN(S(=O)(=O)c2cccc([N+](=O)[O-])c2)CC1. The quantitative estimate of drug-likeness (QED) is 0.591. The number of carbonyl (C=O) groups excluding carboxylic acids is 1. The third-order valence-electron chi connectivity index (χ3n) is 4.38. The lowest BCUT2D eigenvalue weighted by molar-refractivity contribution is -0.385. The summed E-state index contributed by atoms with van der Waals surface area (Å²) in [6, 6.07) is 8.96. The Bertz CT molecular complexity index is 1030. The van der Waals surface area contributed by atoms with Crippen LogP contribution in [0.1, 0.15) is 10.4 Å². The number of halogens is 1. The van der Waals surface area contributed by atoms with Crippen molar-refractivity contribution in [3.63, 3.8) is 0 Å². The highest BCUT2D eigenvalue weighted by Gasteiger charge is 2.31. The van der Waals surface area contributed by atoms with Gasteiger partial charge in [-0.15, -0.1) is 0 Å². The first-order valence-corrected chi connectivity index (χ1v) is 10.0. The number of phenolic OH excluding ortho intramolecular Hbond substituents is 1. The van der Waals surface area contributed by atoms with Gasteiger partial charge in [-0.05, 0) is 24.3 Å². The van der Waals surface area contributed by atoms with E-state index in [2.05, 4.69) is 0 Å². The average Bonchev–Trinajstić information content (AvgIpc) is 2.69. The molecule has 1 heterocycles. The van der Waals surface area contributed by atoms with Crippen LogP contribution in [0.4, 0.5) is 5.69 Å². The number of nitro groups is 1. The second-order valence-corrected chi connectivity index (χ2v) is 8.49. The van der Waals surface area contributed by atoms with E-state index in [-0.39, 0.29) is 48.1 Å². The zero-order valence-corrected chi connectivity index (χ0v) is 16.1. The van der Waals surface area contributed by atoms with Crippen LogP contribution in [0, 0.1) is 10.1 Å². The van der Waals surface area contributed by atoms with Crippen molar-refractivity contribution in [3.05, 3.63) is 63.2 Å². The lowest BCUT2D eigenvalue weighted by Crippen LogP contribution is -2.50. The topological polar surface area (TPSA) is 121 Å². The molecular weight excluding hydrogens is 410 g/mol. The number of amides is 1. The first-order valence-electron chi connectivity index (χ1n) is 8.22. The predicted octanol–water partition coefficient (Wildman–Crippen LogP) is 2.10. The standard InChI is InChI=1S/C17H16ClN3O6S/c18-12-4-5-16(22)15(10-12)17(23)19-6-8-20(9-7-19)28(26,27)14-3-1-2-13(11-14)21(24)25/h1-5,10-11,22H,6-9H2. The molecule has 0 unspecified atom stereocenters. The Balaban J connectivity index is 1.74. The van der Waals surface area contributed by atoms with E-state index in [1.807, 2.05) is 0 Å². The number of nitrogens with zero attached hydrogens (tertiary/aromatic N) is 3. The van der Waals surface area contributed by atoms with Crippen LogP contribution >= 0.6 is 11.6 Å². The van der Waals surface area contributed by atoms with Crippen LogP contribution < -0.4 is 0 Å². The maximum absolute atomic E-state index is 12.7. The number of rotatable bonds is 4. The summed E-state index contributed by atoms with van der Waals surface area (Å²) < 4.78 is 26.7. The average molecular weight is 426 g/mol. The van der Waals surface area contributed by atoms with E-state index < -0.39 is 20.9 Å². The van der Waals surface area contributed by atoms with Crippen molar-refractivity contribution in [1.29, 1.82) is 0 Å². The van der Waals surface area contributed by atoms with Gasteiger partial charge in [0.15, 0.2) is 0 Å². The van der Waals surface area contributed by atoms with Crippen LogP contribution in [0.15, 0.2) is 47.4 Å². The van der Waals surface area contributed by atoms with Gasteiger partial charge >= 0.3 is 0 Å². The highest BCUT2D eigenvalue weighted by molar-refractivity contribution is 7.89. The Morgan fingerprint density at radius 2 is 1.79 bits per heavy atom. The summed E-state index contributed by atoms with van der Waals surface area (Å²) in [4.78, 5) is 24.1. The van der Waals surface area contributed by atoms with Gasteiger partial charge in [-0.3, -0.25) is 14.9 Å². The van der Waals surface area contributed by atoms with E-state index in [1.54, 1.807) is 0 Å². The molecule has 11 heteroatoms. The number of piperazine rings is 1. The number of hydrogen-bond donors (Lipinski definition) is 1. The van der Waals surface area contributed by atoms with E-state index in [1.165, 1.54) is 45.6 Å². The molecule has 0 bridgehead atoms. The Morgan fingerprint density at radius 1 is 1.11 bits per heavy atom. The fourth-order valence-corrected chi connectivity index (χ4v) is 4.52. The molecule has 0 atom stereocenters. The number of non-ortho nitro benzene ring substituents is 1. The maximum atomic E-state index is 12.7. The van der Waals surface area contributed by atoms with E-state index in [0.717, 1.165) is 6.07 Å². The van der Waals surface area contributed by atoms with Gasteiger partial charge < -0.3 is 10.0 Å². The van der Waals surface area contributed by atoms with Crippen molar-refractivity contribution >= 4 is 33.2 Å². The summed E-state index contributed by atoms with van der Waals surface area (Å²) in [6.07, 6.45) is 0. The maximum Gasteiger partial charge on any atom is 0.270 e. The Morgan fingerprint density at radius 3 is 2.43 bits per heavy atom. The molecule has 1 aliphatic heterocycles. The van der Waals surface area contributed by atoms with Crippen molar-refractivity contribution < 1.29 is 23.2 Å². The van der Waals surface area contributed by atoms with Gasteiger partial charge in [-0.1, -0.05) is 17.7 Å². The normalized spacial score (nSPS) is 15.4. The Hall–Kier alpha value is -2.69. The Labute approximate surface area is 165 Å². The molecule has 1 N–H and O–H groups in total. The van der Waals surface area contributed by atoms with Gasteiger partial charge in [-0.2, -0.15) is 4.31 Å². The van der Waals surface area contributed by atoms with E-state index >= 15 is 0 Å². The summed E-state index contributed by atoms with van der Waals surface area (Å²) in [5.41, 5.74) is -0.270. The fourth-order valence-electron chi connectivity index (χ4n) is 2.89. The minimum atomic E-state index is -3.93. The van der Waals surface area contributed by atoms with Gasteiger partial charge in [0.25, 0.3) is 11.6 Å². The summed E-state index contributed by atoms with van der Waals surface area (Å²) in [5, 5.41) is 21.1. The van der Waals surface area contributed by atoms with Gasteiger partial charge in [-0.25, -0.2) is 8.42 Å². The molecule has 2 aromatic carbocycles. The second kappa shape index (κ2) is 7.74. The molecule has 2 aromatic rings. The van der Waals surface area contributed by atoms with E-state index in [4.69, 9.17) is 11.6 Å². The molecule has 0 radical (unpaired) electrons. The van der Waals surface area contributed by atoms with Crippen LogP contribution in [-0.4, -0.2) is 59.7 Å². The molecule has 0 saturated carbocycles. The molecule has 28 heavy (non-hydrogen) atoms. The number of benzene rings is 2. The van der Waals surface area contributed by atoms with Gasteiger partial charge in [0.05, 0.1) is 15.4 Å². The number of nitro benzene ring substituents is 1. The van der Waals surface area contributed by atoms with Gasteiger partial charge in [0, 0.05) is 43.3 Å². The fraction of sp³-hybridized carbons (Fsp3) is 0.235. The summed E-state index contributed by atoms with van der Waals surface area (Å²) in [7, 11) is -3.93. The largest absolute Gasteiger partial charge is 0.507 e. The molecule has 1 fully saturated rings. The first kappa shape index (κ1) is 20.1. The lowest BCUT2D eigenvalue weighted by Gasteiger charge is -2.34. The number of phenols is 1.